The Hall–Kier alpha value is -3.40. The SMILES string of the molecule is COc1cc(-c2cnc3cc(OC[C@H]4CCCCN4C)ccn23)cc(OC(F)F)c1C(=O)NC1CC1. The summed E-state index contributed by atoms with van der Waals surface area (Å²) >= 11 is 0. The summed E-state index contributed by atoms with van der Waals surface area (Å²) in [7, 11) is 3.51. The van der Waals surface area contributed by atoms with Crippen molar-refractivity contribution in [2.45, 2.75) is 50.8 Å². The van der Waals surface area contributed by atoms with E-state index in [4.69, 9.17) is 14.2 Å². The number of imidazole rings is 1. The summed E-state index contributed by atoms with van der Waals surface area (Å²) in [5.74, 6) is 0.113. The summed E-state index contributed by atoms with van der Waals surface area (Å²) in [6.07, 6.45) is 8.74. The number of likely N-dealkylation sites (N-methyl/N-ethyl adjacent to an activating group) is 1. The second-order valence-corrected chi connectivity index (χ2v) is 9.35. The van der Waals surface area contributed by atoms with Gasteiger partial charge in [-0.05, 0) is 57.5 Å². The lowest BCUT2D eigenvalue weighted by molar-refractivity contribution is -0.0502. The Labute approximate surface area is 208 Å². The number of carbonyl (C=O) groups is 1. The number of likely N-dealkylation sites (tertiary alicyclic amines) is 1. The summed E-state index contributed by atoms with van der Waals surface area (Å²) < 4.78 is 44.5. The highest BCUT2D eigenvalue weighted by Crippen LogP contribution is 2.37. The highest BCUT2D eigenvalue weighted by Gasteiger charge is 2.29. The Kier molecular flexibility index (Phi) is 6.95. The number of aromatic nitrogens is 2. The molecule has 1 aliphatic heterocycles. The fourth-order valence-electron chi connectivity index (χ4n) is 4.61. The average molecular weight is 501 g/mol. The molecule has 3 aromatic rings. The van der Waals surface area contributed by atoms with Crippen LogP contribution in [0.15, 0.2) is 36.7 Å². The third-order valence-electron chi connectivity index (χ3n) is 6.79. The minimum absolute atomic E-state index is 0.0503. The molecular weight excluding hydrogens is 470 g/mol. The normalized spacial score (nSPS) is 18.4. The number of fused-ring (bicyclic) bond motifs is 1. The first-order valence-electron chi connectivity index (χ1n) is 12.2. The molecular formula is C26H30F2N4O4. The van der Waals surface area contributed by atoms with Crippen molar-refractivity contribution in [1.82, 2.24) is 19.6 Å². The van der Waals surface area contributed by atoms with E-state index < -0.39 is 12.5 Å². The molecule has 2 fully saturated rings. The standard InChI is InChI=1S/C26H30F2N4O4/c1-31-9-4-3-5-18(31)15-35-19-8-10-32-20(14-29-23(32)13-19)16-11-21(34-2)24(22(12-16)36-26(27)28)25(33)30-17-6-7-17/h8,10-14,17-18,26H,3-7,9,15H2,1-2H3,(H,30,33)/t18-/m1/s1. The molecule has 36 heavy (non-hydrogen) atoms. The maximum Gasteiger partial charge on any atom is 0.387 e. The summed E-state index contributed by atoms with van der Waals surface area (Å²) in [5.41, 5.74) is 1.75. The number of piperidine rings is 1. The number of hydrogen-bond donors (Lipinski definition) is 1. The molecule has 1 saturated carbocycles. The number of pyridine rings is 1. The van der Waals surface area contributed by atoms with E-state index >= 15 is 0 Å². The zero-order valence-electron chi connectivity index (χ0n) is 20.4. The van der Waals surface area contributed by atoms with Gasteiger partial charge in [-0.15, -0.1) is 0 Å². The molecule has 3 heterocycles. The van der Waals surface area contributed by atoms with Crippen molar-refractivity contribution in [3.8, 4) is 28.5 Å². The number of hydrogen-bond acceptors (Lipinski definition) is 6. The summed E-state index contributed by atoms with van der Waals surface area (Å²) in [4.78, 5) is 19.6. The molecule has 1 amide bonds. The lowest BCUT2D eigenvalue weighted by Crippen LogP contribution is -2.40. The Morgan fingerprint density at radius 3 is 2.72 bits per heavy atom. The molecule has 1 N–H and O–H groups in total. The number of benzene rings is 1. The highest BCUT2D eigenvalue weighted by atomic mass is 19.3. The quantitative estimate of drug-likeness (QED) is 0.470. The van der Waals surface area contributed by atoms with Crippen molar-refractivity contribution in [3.05, 3.63) is 42.2 Å². The van der Waals surface area contributed by atoms with Crippen LogP contribution >= 0.6 is 0 Å². The highest BCUT2D eigenvalue weighted by molar-refractivity contribution is 6.01. The largest absolute Gasteiger partial charge is 0.496 e. The van der Waals surface area contributed by atoms with Crippen molar-refractivity contribution in [1.29, 1.82) is 0 Å². The van der Waals surface area contributed by atoms with Gasteiger partial charge in [0.25, 0.3) is 5.91 Å². The van der Waals surface area contributed by atoms with Crippen LogP contribution < -0.4 is 19.5 Å². The van der Waals surface area contributed by atoms with Crippen molar-refractivity contribution < 1.29 is 27.8 Å². The zero-order valence-corrected chi connectivity index (χ0v) is 20.4. The molecule has 10 heteroatoms. The van der Waals surface area contributed by atoms with Crippen molar-refractivity contribution >= 4 is 11.6 Å². The summed E-state index contributed by atoms with van der Waals surface area (Å²) in [5, 5.41) is 2.81. The number of amides is 1. The van der Waals surface area contributed by atoms with Gasteiger partial charge in [-0.2, -0.15) is 8.78 Å². The maximum absolute atomic E-state index is 13.2. The van der Waals surface area contributed by atoms with Gasteiger partial charge in [0.1, 0.15) is 35.1 Å². The smallest absolute Gasteiger partial charge is 0.387 e. The van der Waals surface area contributed by atoms with Crippen LogP contribution in [0.3, 0.4) is 0 Å². The van der Waals surface area contributed by atoms with E-state index in [0.717, 1.165) is 25.8 Å². The first-order valence-corrected chi connectivity index (χ1v) is 12.2. The van der Waals surface area contributed by atoms with Crippen molar-refractivity contribution in [2.24, 2.45) is 0 Å². The average Bonchev–Trinajstić information content (AvgIpc) is 3.57. The minimum Gasteiger partial charge on any atom is -0.496 e. The van der Waals surface area contributed by atoms with Crippen LogP contribution in [0.5, 0.6) is 17.2 Å². The number of methoxy groups -OCH3 is 1. The molecule has 2 aromatic heterocycles. The van der Waals surface area contributed by atoms with Crippen LogP contribution in [0, 0.1) is 0 Å². The number of alkyl halides is 2. The molecule has 1 saturated heterocycles. The second kappa shape index (κ2) is 10.3. The molecule has 0 bridgehead atoms. The predicted octanol–water partition coefficient (Wildman–Crippen LogP) is 4.37. The van der Waals surface area contributed by atoms with E-state index in [1.54, 1.807) is 12.3 Å². The molecule has 0 unspecified atom stereocenters. The van der Waals surface area contributed by atoms with Gasteiger partial charge in [-0.3, -0.25) is 9.20 Å². The first-order chi connectivity index (χ1) is 17.4. The molecule has 1 aliphatic carbocycles. The first kappa shape index (κ1) is 24.3. The van der Waals surface area contributed by atoms with Gasteiger partial charge in [0, 0.05) is 29.9 Å². The molecule has 1 atom stereocenters. The van der Waals surface area contributed by atoms with Crippen LogP contribution in [-0.4, -0.2) is 66.2 Å². The molecule has 192 valence electrons. The summed E-state index contributed by atoms with van der Waals surface area (Å²) in [6.45, 7) is -1.41. The second-order valence-electron chi connectivity index (χ2n) is 9.35. The summed E-state index contributed by atoms with van der Waals surface area (Å²) in [6, 6.07) is 7.19. The molecule has 2 aliphatic rings. The van der Waals surface area contributed by atoms with Crippen LogP contribution in [0.4, 0.5) is 8.78 Å². The molecule has 5 rings (SSSR count). The fourth-order valence-corrected chi connectivity index (χ4v) is 4.61. The lowest BCUT2D eigenvalue weighted by atomic mass is 10.0. The number of ether oxygens (including phenoxy) is 3. The van der Waals surface area contributed by atoms with Gasteiger partial charge in [0.15, 0.2) is 0 Å². The number of halogens is 2. The topological polar surface area (TPSA) is 77.3 Å². The Bertz CT molecular complexity index is 1240. The third kappa shape index (κ3) is 5.23. The number of carbonyl (C=O) groups excluding carboxylic acids is 1. The van der Waals surface area contributed by atoms with Gasteiger partial charge in [-0.25, -0.2) is 4.98 Å². The van der Waals surface area contributed by atoms with E-state index in [-0.39, 0.29) is 23.1 Å². The monoisotopic (exact) mass is 500 g/mol. The molecule has 8 nitrogen and oxygen atoms in total. The van der Waals surface area contributed by atoms with E-state index in [2.05, 4.69) is 22.2 Å². The van der Waals surface area contributed by atoms with Gasteiger partial charge in [0.05, 0.1) is 19.0 Å². The third-order valence-corrected chi connectivity index (χ3v) is 6.79. The van der Waals surface area contributed by atoms with Crippen molar-refractivity contribution in [3.63, 3.8) is 0 Å². The van der Waals surface area contributed by atoms with E-state index in [1.165, 1.54) is 26.0 Å². The molecule has 0 spiro atoms. The van der Waals surface area contributed by atoms with Gasteiger partial charge in [0.2, 0.25) is 0 Å². The van der Waals surface area contributed by atoms with Crippen LogP contribution in [0.2, 0.25) is 0 Å². The maximum atomic E-state index is 13.2. The Balaban J connectivity index is 1.43. The molecule has 1 aromatic carbocycles. The Morgan fingerprint density at radius 2 is 2.00 bits per heavy atom. The van der Waals surface area contributed by atoms with E-state index in [0.29, 0.717) is 35.3 Å². The number of nitrogens with one attached hydrogen (secondary N) is 1. The Morgan fingerprint density at radius 1 is 1.19 bits per heavy atom. The lowest BCUT2D eigenvalue weighted by Gasteiger charge is -2.32. The van der Waals surface area contributed by atoms with Crippen LogP contribution in [0.1, 0.15) is 42.5 Å². The van der Waals surface area contributed by atoms with E-state index in [9.17, 15) is 13.6 Å². The molecule has 0 radical (unpaired) electrons. The van der Waals surface area contributed by atoms with Crippen LogP contribution in [0.25, 0.3) is 16.9 Å². The predicted molar refractivity (Wildman–Crippen MR) is 130 cm³/mol. The van der Waals surface area contributed by atoms with Gasteiger partial charge in [-0.1, -0.05) is 6.42 Å². The zero-order chi connectivity index (χ0) is 25.2. The minimum atomic E-state index is -3.09. The van der Waals surface area contributed by atoms with Gasteiger partial charge >= 0.3 is 6.61 Å². The number of nitrogens with zero attached hydrogens (tertiary/aromatic N) is 3. The fraction of sp³-hybridized carbons (Fsp3) is 0.462. The van der Waals surface area contributed by atoms with E-state index in [1.807, 2.05) is 22.7 Å². The van der Waals surface area contributed by atoms with Crippen molar-refractivity contribution in [2.75, 3.05) is 27.3 Å². The van der Waals surface area contributed by atoms with Gasteiger partial charge < -0.3 is 24.4 Å². The number of rotatable bonds is 9. The van der Waals surface area contributed by atoms with Crippen LogP contribution in [-0.2, 0) is 0 Å².